The van der Waals surface area contributed by atoms with Crippen LogP contribution in [0, 0.1) is 5.82 Å². The van der Waals surface area contributed by atoms with Crippen molar-refractivity contribution in [3.8, 4) is 0 Å². The third kappa shape index (κ3) is 2.63. The highest BCUT2D eigenvalue weighted by atomic mass is 32.1. The van der Waals surface area contributed by atoms with Crippen LogP contribution in [0.3, 0.4) is 0 Å². The summed E-state index contributed by atoms with van der Waals surface area (Å²) in [7, 11) is 3.22. The van der Waals surface area contributed by atoms with Gasteiger partial charge < -0.3 is 10.2 Å². The number of halogens is 1. The Balaban J connectivity index is 2.78. The van der Waals surface area contributed by atoms with E-state index in [4.69, 9.17) is 0 Å². The predicted octanol–water partition coefficient (Wildman–Crippen LogP) is 2.21. The van der Waals surface area contributed by atoms with Crippen LogP contribution in [0.4, 0.5) is 14.9 Å². The molecule has 1 rings (SSSR count). The van der Waals surface area contributed by atoms with E-state index >= 15 is 0 Å². The molecule has 2 amide bonds. The number of hydrogen-bond acceptors (Lipinski definition) is 2. The lowest BCUT2D eigenvalue weighted by molar-refractivity contribution is 0.230. The lowest BCUT2D eigenvalue weighted by atomic mass is 10.3. The monoisotopic (exact) mass is 214 g/mol. The Bertz CT molecular complexity index is 355. The Labute approximate surface area is 87.3 Å². The van der Waals surface area contributed by atoms with E-state index < -0.39 is 5.82 Å². The van der Waals surface area contributed by atoms with Gasteiger partial charge in [0.15, 0.2) is 0 Å². The molecular weight excluding hydrogens is 203 g/mol. The van der Waals surface area contributed by atoms with Crippen LogP contribution < -0.4 is 5.32 Å². The summed E-state index contributed by atoms with van der Waals surface area (Å²) in [5.41, 5.74) is 0.416. The van der Waals surface area contributed by atoms with Crippen molar-refractivity contribution in [3.05, 3.63) is 24.0 Å². The number of carbonyl (C=O) groups excluding carboxylic acids is 1. The summed E-state index contributed by atoms with van der Waals surface area (Å²) in [5.74, 6) is -0.454. The largest absolute Gasteiger partial charge is 0.331 e. The number of nitrogens with zero attached hydrogens (tertiary/aromatic N) is 1. The number of urea groups is 1. The van der Waals surface area contributed by atoms with Crippen molar-refractivity contribution >= 4 is 24.3 Å². The molecule has 14 heavy (non-hydrogen) atoms. The fourth-order valence-electron chi connectivity index (χ4n) is 0.820. The average molecular weight is 214 g/mol. The summed E-state index contributed by atoms with van der Waals surface area (Å²) in [6.07, 6.45) is 0. The number of nitrogens with one attached hydrogen (secondary N) is 1. The van der Waals surface area contributed by atoms with Gasteiger partial charge in [0.05, 0.1) is 0 Å². The highest BCUT2D eigenvalue weighted by Crippen LogP contribution is 2.17. The number of hydrogen-bond donors (Lipinski definition) is 2. The Kier molecular flexibility index (Phi) is 3.35. The van der Waals surface area contributed by atoms with Gasteiger partial charge in [-0.25, -0.2) is 9.18 Å². The van der Waals surface area contributed by atoms with Crippen molar-refractivity contribution in [2.24, 2.45) is 0 Å². The van der Waals surface area contributed by atoms with Gasteiger partial charge in [0.25, 0.3) is 0 Å². The van der Waals surface area contributed by atoms with Crippen LogP contribution in [0.5, 0.6) is 0 Å². The fourth-order valence-corrected chi connectivity index (χ4v) is 0.959. The number of anilines is 1. The van der Waals surface area contributed by atoms with E-state index in [1.165, 1.54) is 17.0 Å². The smallest absolute Gasteiger partial charge is 0.321 e. The quantitative estimate of drug-likeness (QED) is 0.690. The summed E-state index contributed by atoms with van der Waals surface area (Å²) >= 11 is 3.88. The summed E-state index contributed by atoms with van der Waals surface area (Å²) in [4.78, 5) is 12.8. The van der Waals surface area contributed by atoms with E-state index in [2.05, 4.69) is 17.9 Å². The summed E-state index contributed by atoms with van der Waals surface area (Å²) < 4.78 is 13.0. The molecule has 3 nitrogen and oxygen atoms in total. The first kappa shape index (κ1) is 10.8. The molecule has 76 valence electrons. The topological polar surface area (TPSA) is 32.3 Å². The Morgan fingerprint density at radius 2 is 2.14 bits per heavy atom. The minimum atomic E-state index is -0.454. The molecule has 0 bridgehead atoms. The third-order valence-electron chi connectivity index (χ3n) is 1.61. The molecule has 0 saturated carbocycles. The van der Waals surface area contributed by atoms with Crippen molar-refractivity contribution in [1.29, 1.82) is 0 Å². The Hall–Kier alpha value is -1.23. The number of amides is 2. The number of rotatable bonds is 1. The normalized spacial score (nSPS) is 9.71. The molecule has 0 radical (unpaired) electrons. The molecule has 0 aliphatic carbocycles. The third-order valence-corrected chi connectivity index (χ3v) is 1.97. The molecule has 0 spiro atoms. The first-order valence-electron chi connectivity index (χ1n) is 3.97. The Morgan fingerprint density at radius 3 is 2.64 bits per heavy atom. The second kappa shape index (κ2) is 4.32. The average Bonchev–Trinajstić information content (AvgIpc) is 2.11. The number of thiol groups is 1. The van der Waals surface area contributed by atoms with Crippen molar-refractivity contribution in [1.82, 2.24) is 4.90 Å². The van der Waals surface area contributed by atoms with Crippen LogP contribution in [0.15, 0.2) is 23.1 Å². The molecule has 1 aromatic rings. The number of carbonyl (C=O) groups is 1. The molecule has 0 unspecified atom stereocenters. The van der Waals surface area contributed by atoms with Gasteiger partial charge in [0.2, 0.25) is 0 Å². The molecule has 0 aliphatic heterocycles. The van der Waals surface area contributed by atoms with Crippen LogP contribution in [0.25, 0.3) is 0 Å². The van der Waals surface area contributed by atoms with Crippen LogP contribution in [0.2, 0.25) is 0 Å². The molecule has 0 atom stereocenters. The van der Waals surface area contributed by atoms with E-state index in [1.807, 2.05) is 0 Å². The lowest BCUT2D eigenvalue weighted by Crippen LogP contribution is -2.27. The Morgan fingerprint density at radius 1 is 1.50 bits per heavy atom. The second-order valence-corrected chi connectivity index (χ2v) is 3.47. The van der Waals surface area contributed by atoms with Crippen molar-refractivity contribution in [2.75, 3.05) is 19.4 Å². The zero-order valence-electron chi connectivity index (χ0n) is 7.91. The second-order valence-electron chi connectivity index (χ2n) is 2.99. The van der Waals surface area contributed by atoms with Crippen molar-refractivity contribution < 1.29 is 9.18 Å². The summed E-state index contributed by atoms with van der Waals surface area (Å²) in [6, 6.07) is 4.01. The number of benzene rings is 1. The summed E-state index contributed by atoms with van der Waals surface area (Å²) in [5, 5.41) is 2.52. The van der Waals surface area contributed by atoms with E-state index in [0.717, 1.165) is 0 Å². The van der Waals surface area contributed by atoms with Gasteiger partial charge >= 0.3 is 6.03 Å². The molecular formula is C9H11FN2OS. The zero-order chi connectivity index (χ0) is 10.7. The van der Waals surface area contributed by atoms with E-state index in [9.17, 15) is 9.18 Å². The van der Waals surface area contributed by atoms with Crippen molar-refractivity contribution in [2.45, 2.75) is 4.90 Å². The minimum Gasteiger partial charge on any atom is -0.331 e. The van der Waals surface area contributed by atoms with Crippen LogP contribution in [-0.2, 0) is 0 Å². The van der Waals surface area contributed by atoms with Gasteiger partial charge in [0, 0.05) is 24.7 Å². The minimum absolute atomic E-state index is 0.257. The van der Waals surface area contributed by atoms with Gasteiger partial charge in [0.1, 0.15) is 5.82 Å². The first-order valence-corrected chi connectivity index (χ1v) is 4.42. The molecule has 1 aromatic carbocycles. The highest BCUT2D eigenvalue weighted by molar-refractivity contribution is 7.80. The first-order chi connectivity index (χ1) is 6.50. The van der Waals surface area contributed by atoms with Gasteiger partial charge in [-0.3, -0.25) is 0 Å². The van der Waals surface area contributed by atoms with Gasteiger partial charge in [-0.2, -0.15) is 0 Å². The van der Waals surface area contributed by atoms with E-state index in [0.29, 0.717) is 5.69 Å². The maximum absolute atomic E-state index is 13.0. The standard InChI is InChI=1S/C9H11FN2OS/c1-12(2)9(13)11-6-3-4-8(14)7(10)5-6/h3-5,14H,1-2H3,(H,11,13). The molecule has 0 aliphatic rings. The highest BCUT2D eigenvalue weighted by Gasteiger charge is 2.05. The van der Waals surface area contributed by atoms with Crippen molar-refractivity contribution in [3.63, 3.8) is 0 Å². The van der Waals surface area contributed by atoms with E-state index in [-0.39, 0.29) is 10.9 Å². The van der Waals surface area contributed by atoms with Gasteiger partial charge in [-0.15, -0.1) is 12.6 Å². The van der Waals surface area contributed by atoms with Crippen LogP contribution in [0.1, 0.15) is 0 Å². The molecule has 0 fully saturated rings. The SMILES string of the molecule is CN(C)C(=O)Nc1ccc(S)c(F)c1. The fraction of sp³-hybridized carbons (Fsp3) is 0.222. The molecule has 0 aromatic heterocycles. The lowest BCUT2D eigenvalue weighted by Gasteiger charge is -2.11. The molecule has 5 heteroatoms. The molecule has 0 saturated heterocycles. The van der Waals surface area contributed by atoms with Crippen LogP contribution in [-0.4, -0.2) is 25.0 Å². The van der Waals surface area contributed by atoms with E-state index in [1.54, 1.807) is 20.2 Å². The zero-order valence-corrected chi connectivity index (χ0v) is 8.81. The molecule has 0 heterocycles. The molecule has 1 N–H and O–H groups in total. The van der Waals surface area contributed by atoms with Crippen LogP contribution >= 0.6 is 12.6 Å². The maximum atomic E-state index is 13.0. The summed E-state index contributed by atoms with van der Waals surface area (Å²) in [6.45, 7) is 0. The predicted molar refractivity (Wildman–Crippen MR) is 56.4 cm³/mol. The maximum Gasteiger partial charge on any atom is 0.321 e. The van der Waals surface area contributed by atoms with Gasteiger partial charge in [-0.1, -0.05) is 0 Å². The van der Waals surface area contributed by atoms with Gasteiger partial charge in [-0.05, 0) is 18.2 Å².